The number of benzene rings is 1. The molecular formula is C12H17FN2O. The molecule has 16 heavy (non-hydrogen) atoms. The molecule has 4 heteroatoms. The Hall–Kier alpha value is -0.970. The van der Waals surface area contributed by atoms with Crippen molar-refractivity contribution >= 4 is 0 Å². The van der Waals surface area contributed by atoms with E-state index in [-0.39, 0.29) is 18.5 Å². The zero-order valence-electron chi connectivity index (χ0n) is 9.19. The third-order valence-corrected chi connectivity index (χ3v) is 3.02. The lowest BCUT2D eigenvalue weighted by atomic mass is 10.1. The van der Waals surface area contributed by atoms with Gasteiger partial charge in [0.05, 0.1) is 12.6 Å². The fourth-order valence-electron chi connectivity index (χ4n) is 2.11. The highest BCUT2D eigenvalue weighted by Gasteiger charge is 2.21. The van der Waals surface area contributed by atoms with Crippen LogP contribution >= 0.6 is 0 Å². The van der Waals surface area contributed by atoms with Gasteiger partial charge in [-0.3, -0.25) is 4.90 Å². The number of halogens is 1. The summed E-state index contributed by atoms with van der Waals surface area (Å²) in [5, 5.41) is 12.7. The Morgan fingerprint density at radius 2 is 1.88 bits per heavy atom. The maximum atomic E-state index is 12.8. The summed E-state index contributed by atoms with van der Waals surface area (Å²) in [7, 11) is 0. The van der Waals surface area contributed by atoms with Crippen LogP contribution in [0, 0.1) is 5.82 Å². The molecular weight excluding hydrogens is 207 g/mol. The number of aliphatic hydroxyl groups is 1. The van der Waals surface area contributed by atoms with Gasteiger partial charge in [-0.1, -0.05) is 12.1 Å². The second-order valence-electron chi connectivity index (χ2n) is 4.04. The molecule has 0 aromatic heterocycles. The maximum absolute atomic E-state index is 12.8. The van der Waals surface area contributed by atoms with Crippen LogP contribution in [-0.2, 0) is 0 Å². The van der Waals surface area contributed by atoms with Gasteiger partial charge in [0.25, 0.3) is 0 Å². The normalized spacial score (nSPS) is 19.6. The smallest absolute Gasteiger partial charge is 0.123 e. The topological polar surface area (TPSA) is 35.5 Å². The van der Waals surface area contributed by atoms with Crippen LogP contribution in [0.15, 0.2) is 24.3 Å². The molecule has 0 aliphatic carbocycles. The van der Waals surface area contributed by atoms with Crippen molar-refractivity contribution in [2.45, 2.75) is 6.04 Å². The standard InChI is InChI=1S/C12H17FN2O/c13-11-3-1-10(2-4-11)12(9-16)15-7-5-14-6-8-15/h1-4,12,14,16H,5-9H2. The van der Waals surface area contributed by atoms with Crippen molar-refractivity contribution < 1.29 is 9.50 Å². The Kier molecular flexibility index (Phi) is 3.88. The van der Waals surface area contributed by atoms with E-state index >= 15 is 0 Å². The van der Waals surface area contributed by atoms with Crippen molar-refractivity contribution in [2.75, 3.05) is 32.8 Å². The van der Waals surface area contributed by atoms with Gasteiger partial charge in [0.2, 0.25) is 0 Å². The molecule has 0 radical (unpaired) electrons. The van der Waals surface area contributed by atoms with Crippen molar-refractivity contribution in [1.29, 1.82) is 0 Å². The fraction of sp³-hybridized carbons (Fsp3) is 0.500. The number of hydrogen-bond acceptors (Lipinski definition) is 3. The summed E-state index contributed by atoms with van der Waals surface area (Å²) in [4.78, 5) is 2.23. The molecule has 88 valence electrons. The van der Waals surface area contributed by atoms with E-state index in [1.54, 1.807) is 12.1 Å². The van der Waals surface area contributed by atoms with Gasteiger partial charge in [0, 0.05) is 26.2 Å². The van der Waals surface area contributed by atoms with E-state index in [1.807, 2.05) is 0 Å². The van der Waals surface area contributed by atoms with Gasteiger partial charge in [-0.05, 0) is 17.7 Å². The van der Waals surface area contributed by atoms with E-state index in [9.17, 15) is 9.50 Å². The van der Waals surface area contributed by atoms with Crippen LogP contribution in [-0.4, -0.2) is 42.8 Å². The van der Waals surface area contributed by atoms with Crippen molar-refractivity contribution in [2.24, 2.45) is 0 Å². The Bertz CT molecular complexity index is 322. The zero-order chi connectivity index (χ0) is 11.4. The van der Waals surface area contributed by atoms with Crippen LogP contribution in [0.1, 0.15) is 11.6 Å². The molecule has 1 aromatic rings. The minimum Gasteiger partial charge on any atom is -0.394 e. The average Bonchev–Trinajstić information content (AvgIpc) is 2.34. The summed E-state index contributed by atoms with van der Waals surface area (Å²) in [6, 6.07) is 6.37. The predicted octanol–water partition coefficient (Wildman–Crippen LogP) is 0.764. The average molecular weight is 224 g/mol. The highest BCUT2D eigenvalue weighted by atomic mass is 19.1. The van der Waals surface area contributed by atoms with Gasteiger partial charge in [-0.25, -0.2) is 4.39 Å². The second kappa shape index (κ2) is 5.39. The van der Waals surface area contributed by atoms with Crippen LogP contribution in [0.5, 0.6) is 0 Å². The number of nitrogens with zero attached hydrogens (tertiary/aromatic N) is 1. The minimum atomic E-state index is -0.235. The van der Waals surface area contributed by atoms with Crippen molar-refractivity contribution in [3.05, 3.63) is 35.6 Å². The number of hydrogen-bond donors (Lipinski definition) is 2. The lowest BCUT2D eigenvalue weighted by Gasteiger charge is -2.34. The first-order valence-corrected chi connectivity index (χ1v) is 5.62. The van der Waals surface area contributed by atoms with E-state index < -0.39 is 0 Å². The summed E-state index contributed by atoms with van der Waals surface area (Å²) in [6.45, 7) is 3.80. The Labute approximate surface area is 94.9 Å². The first-order valence-electron chi connectivity index (χ1n) is 5.62. The zero-order valence-corrected chi connectivity index (χ0v) is 9.19. The summed E-state index contributed by atoms with van der Waals surface area (Å²) >= 11 is 0. The second-order valence-corrected chi connectivity index (χ2v) is 4.04. The molecule has 1 aromatic carbocycles. The number of rotatable bonds is 3. The van der Waals surface area contributed by atoms with Crippen LogP contribution in [0.4, 0.5) is 4.39 Å². The van der Waals surface area contributed by atoms with Crippen molar-refractivity contribution in [3.63, 3.8) is 0 Å². The molecule has 1 saturated heterocycles. The van der Waals surface area contributed by atoms with Gasteiger partial charge in [0.15, 0.2) is 0 Å². The summed E-state index contributed by atoms with van der Waals surface area (Å²) in [5.74, 6) is -0.235. The quantitative estimate of drug-likeness (QED) is 0.796. The van der Waals surface area contributed by atoms with Gasteiger partial charge in [-0.2, -0.15) is 0 Å². The van der Waals surface area contributed by atoms with E-state index in [0.717, 1.165) is 31.7 Å². The monoisotopic (exact) mass is 224 g/mol. The molecule has 1 heterocycles. The van der Waals surface area contributed by atoms with Gasteiger partial charge >= 0.3 is 0 Å². The summed E-state index contributed by atoms with van der Waals surface area (Å²) in [5.41, 5.74) is 0.978. The van der Waals surface area contributed by atoms with Crippen molar-refractivity contribution in [1.82, 2.24) is 10.2 Å². The first-order chi connectivity index (χ1) is 7.81. The highest BCUT2D eigenvalue weighted by Crippen LogP contribution is 2.20. The summed E-state index contributed by atoms with van der Waals surface area (Å²) in [6.07, 6.45) is 0. The number of nitrogens with one attached hydrogen (secondary N) is 1. The Balaban J connectivity index is 2.11. The molecule has 1 aliphatic heterocycles. The molecule has 2 N–H and O–H groups in total. The van der Waals surface area contributed by atoms with E-state index in [1.165, 1.54) is 12.1 Å². The van der Waals surface area contributed by atoms with Crippen LogP contribution in [0.2, 0.25) is 0 Å². The largest absolute Gasteiger partial charge is 0.394 e. The molecule has 1 atom stereocenters. The molecule has 3 nitrogen and oxygen atoms in total. The molecule has 1 fully saturated rings. The van der Waals surface area contributed by atoms with E-state index in [0.29, 0.717) is 0 Å². The molecule has 0 spiro atoms. The van der Waals surface area contributed by atoms with Gasteiger partial charge in [0.1, 0.15) is 5.82 Å². The highest BCUT2D eigenvalue weighted by molar-refractivity contribution is 5.20. The van der Waals surface area contributed by atoms with Gasteiger partial charge in [-0.15, -0.1) is 0 Å². The number of piperazine rings is 1. The van der Waals surface area contributed by atoms with Crippen LogP contribution in [0.3, 0.4) is 0 Å². The third-order valence-electron chi connectivity index (χ3n) is 3.02. The lowest BCUT2D eigenvalue weighted by Crippen LogP contribution is -2.46. The maximum Gasteiger partial charge on any atom is 0.123 e. The minimum absolute atomic E-state index is 0.0114. The fourth-order valence-corrected chi connectivity index (χ4v) is 2.11. The predicted molar refractivity (Wildman–Crippen MR) is 60.7 cm³/mol. The first kappa shape index (κ1) is 11.5. The molecule has 1 unspecified atom stereocenters. The molecule has 0 bridgehead atoms. The van der Waals surface area contributed by atoms with E-state index in [4.69, 9.17) is 0 Å². The third kappa shape index (κ3) is 2.58. The Morgan fingerprint density at radius 3 is 2.44 bits per heavy atom. The molecule has 0 saturated carbocycles. The van der Waals surface area contributed by atoms with Crippen molar-refractivity contribution in [3.8, 4) is 0 Å². The van der Waals surface area contributed by atoms with Crippen LogP contribution < -0.4 is 5.32 Å². The van der Waals surface area contributed by atoms with Crippen LogP contribution in [0.25, 0.3) is 0 Å². The lowest BCUT2D eigenvalue weighted by molar-refractivity contribution is 0.111. The molecule has 2 rings (SSSR count). The number of aliphatic hydroxyl groups excluding tert-OH is 1. The molecule has 1 aliphatic rings. The SMILES string of the molecule is OCC(c1ccc(F)cc1)N1CCNCC1. The Morgan fingerprint density at radius 1 is 1.25 bits per heavy atom. The summed E-state index contributed by atoms with van der Waals surface area (Å²) < 4.78 is 12.8. The molecule has 0 amide bonds. The van der Waals surface area contributed by atoms with E-state index in [2.05, 4.69) is 10.2 Å². The van der Waals surface area contributed by atoms with Gasteiger partial charge < -0.3 is 10.4 Å².